The Kier molecular flexibility index (Phi) is 9.23. The van der Waals surface area contributed by atoms with E-state index in [4.69, 9.17) is 0 Å². The van der Waals surface area contributed by atoms with Crippen LogP contribution in [0.3, 0.4) is 0 Å². The van der Waals surface area contributed by atoms with Crippen LogP contribution in [-0.2, 0) is 0 Å². The van der Waals surface area contributed by atoms with Gasteiger partial charge in [-0.25, -0.2) is 0 Å². The van der Waals surface area contributed by atoms with Crippen molar-refractivity contribution >= 4 is 7.92 Å². The molecule has 0 saturated heterocycles. The van der Waals surface area contributed by atoms with Gasteiger partial charge in [0.25, 0.3) is 0 Å². The Morgan fingerprint density at radius 2 is 1.46 bits per heavy atom. The Bertz CT molecular complexity index is 98.3. The maximum atomic E-state index is 9.80. The van der Waals surface area contributed by atoms with Crippen molar-refractivity contribution in [3.8, 4) is 0 Å². The number of rotatable bonds is 8. The Morgan fingerprint density at radius 3 is 1.77 bits per heavy atom. The van der Waals surface area contributed by atoms with Crippen LogP contribution in [0.4, 0.5) is 0 Å². The zero-order chi connectivity index (χ0) is 10.1. The summed E-state index contributed by atoms with van der Waals surface area (Å²) in [7, 11) is -0.0782. The molecule has 0 aliphatic heterocycles. The second-order valence-electron chi connectivity index (χ2n) is 3.63. The van der Waals surface area contributed by atoms with Gasteiger partial charge in [0, 0.05) is 0 Å². The van der Waals surface area contributed by atoms with Crippen LogP contribution in [0.2, 0.25) is 0 Å². The Balaban J connectivity index is 3.72. The van der Waals surface area contributed by atoms with E-state index < -0.39 is 0 Å². The molecule has 0 aromatic rings. The van der Waals surface area contributed by atoms with Crippen molar-refractivity contribution in [2.24, 2.45) is 0 Å². The second-order valence-corrected chi connectivity index (χ2v) is 6.30. The van der Waals surface area contributed by atoms with Crippen LogP contribution in [0.5, 0.6) is 0 Å². The molecule has 0 fully saturated rings. The van der Waals surface area contributed by atoms with Gasteiger partial charge in [-0.2, -0.15) is 0 Å². The van der Waals surface area contributed by atoms with E-state index in [-0.39, 0.29) is 13.8 Å². The first kappa shape index (κ1) is 13.4. The van der Waals surface area contributed by atoms with Gasteiger partial charge in [0.15, 0.2) is 0 Å². The van der Waals surface area contributed by atoms with Crippen molar-refractivity contribution in [1.29, 1.82) is 0 Å². The number of hydrogen-bond donors (Lipinski definition) is 1. The predicted molar refractivity (Wildman–Crippen MR) is 62.8 cm³/mol. The third-order valence-electron chi connectivity index (χ3n) is 2.38. The van der Waals surface area contributed by atoms with E-state index in [1.165, 1.54) is 38.0 Å². The third-order valence-corrected chi connectivity index (χ3v) is 5.37. The summed E-state index contributed by atoms with van der Waals surface area (Å²) in [5.74, 6) is 0.00750. The van der Waals surface area contributed by atoms with Crippen LogP contribution in [0.25, 0.3) is 0 Å². The molecule has 80 valence electrons. The van der Waals surface area contributed by atoms with Crippen LogP contribution in [-0.4, -0.2) is 23.3 Å². The van der Waals surface area contributed by atoms with E-state index in [2.05, 4.69) is 20.8 Å². The molecule has 0 saturated carbocycles. The first-order valence-electron chi connectivity index (χ1n) is 5.68. The fraction of sp³-hybridized carbons (Fsp3) is 1.00. The van der Waals surface area contributed by atoms with Gasteiger partial charge in [-0.3, -0.25) is 0 Å². The summed E-state index contributed by atoms with van der Waals surface area (Å²) in [5, 5.41) is 9.80. The molecular formula is C11H25OP. The van der Waals surface area contributed by atoms with E-state index in [9.17, 15) is 5.11 Å². The quantitative estimate of drug-likeness (QED) is 0.596. The molecule has 0 aromatic carbocycles. The van der Waals surface area contributed by atoms with Crippen LogP contribution in [0.1, 0.15) is 52.9 Å². The Morgan fingerprint density at radius 1 is 1.00 bits per heavy atom. The summed E-state index contributed by atoms with van der Waals surface area (Å²) in [6.07, 6.45) is 8.63. The van der Waals surface area contributed by atoms with Crippen molar-refractivity contribution in [2.75, 3.05) is 12.3 Å². The molecule has 0 bridgehead atoms. The smallest absolute Gasteiger partial charge is 0.0728 e. The lowest BCUT2D eigenvalue weighted by molar-refractivity contribution is 0.252. The summed E-state index contributed by atoms with van der Waals surface area (Å²) in [6.45, 7) is 6.55. The number of hydrogen-bond acceptors (Lipinski definition) is 1. The molecule has 0 amide bonds. The Labute approximate surface area is 84.7 Å². The lowest BCUT2D eigenvalue weighted by Crippen LogP contribution is -2.07. The van der Waals surface area contributed by atoms with E-state index >= 15 is 0 Å². The summed E-state index contributed by atoms with van der Waals surface area (Å²) < 4.78 is 0. The normalized spacial score (nSPS) is 13.6. The van der Waals surface area contributed by atoms with Crippen molar-refractivity contribution in [2.45, 2.75) is 58.7 Å². The highest BCUT2D eigenvalue weighted by molar-refractivity contribution is 7.58. The molecule has 0 aliphatic carbocycles. The van der Waals surface area contributed by atoms with Crippen molar-refractivity contribution in [1.82, 2.24) is 0 Å². The maximum absolute atomic E-state index is 9.80. The summed E-state index contributed by atoms with van der Waals surface area (Å²) in [5.41, 5.74) is 0. The van der Waals surface area contributed by atoms with Crippen molar-refractivity contribution in [3.05, 3.63) is 0 Å². The SMILES string of the molecule is CCCCP(CCCC)C(O)CC. The average molecular weight is 204 g/mol. The largest absolute Gasteiger partial charge is 0.389 e. The molecule has 0 spiro atoms. The zero-order valence-electron chi connectivity index (χ0n) is 9.42. The van der Waals surface area contributed by atoms with Gasteiger partial charge in [0.1, 0.15) is 0 Å². The van der Waals surface area contributed by atoms with Gasteiger partial charge >= 0.3 is 0 Å². The van der Waals surface area contributed by atoms with Gasteiger partial charge in [-0.1, -0.05) is 41.5 Å². The molecule has 0 heterocycles. The molecule has 13 heavy (non-hydrogen) atoms. The lowest BCUT2D eigenvalue weighted by atomic mass is 10.4. The molecule has 1 unspecified atom stereocenters. The van der Waals surface area contributed by atoms with Crippen LogP contribution in [0, 0.1) is 0 Å². The molecule has 0 aliphatic rings. The minimum Gasteiger partial charge on any atom is -0.389 e. The van der Waals surface area contributed by atoms with Crippen LogP contribution >= 0.6 is 7.92 Å². The predicted octanol–water partition coefficient (Wildman–Crippen LogP) is 3.80. The molecule has 1 nitrogen and oxygen atoms in total. The number of aliphatic hydroxyl groups is 1. The highest BCUT2D eigenvalue weighted by Crippen LogP contribution is 2.43. The van der Waals surface area contributed by atoms with Crippen LogP contribution < -0.4 is 0 Å². The first-order valence-corrected chi connectivity index (χ1v) is 7.46. The van der Waals surface area contributed by atoms with E-state index in [1.807, 2.05) is 0 Å². The standard InChI is InChI=1S/C11H25OP/c1-4-7-9-13(10-8-5-2)11(12)6-3/h11-12H,4-10H2,1-3H3. The van der Waals surface area contributed by atoms with Gasteiger partial charge in [0.05, 0.1) is 5.85 Å². The van der Waals surface area contributed by atoms with E-state index in [1.54, 1.807) is 0 Å². The highest BCUT2D eigenvalue weighted by Gasteiger charge is 2.14. The summed E-state index contributed by atoms with van der Waals surface area (Å²) in [6, 6.07) is 0. The molecule has 0 radical (unpaired) electrons. The van der Waals surface area contributed by atoms with Gasteiger partial charge < -0.3 is 5.11 Å². The number of aliphatic hydroxyl groups excluding tert-OH is 1. The van der Waals surface area contributed by atoms with Gasteiger partial charge in [-0.05, 0) is 31.6 Å². The molecule has 0 aromatic heterocycles. The number of unbranched alkanes of at least 4 members (excludes halogenated alkanes) is 2. The van der Waals surface area contributed by atoms with E-state index in [0.717, 1.165) is 6.42 Å². The first-order chi connectivity index (χ1) is 6.26. The molecule has 2 heteroatoms. The minimum atomic E-state index is -0.0782. The van der Waals surface area contributed by atoms with Crippen molar-refractivity contribution in [3.63, 3.8) is 0 Å². The fourth-order valence-electron chi connectivity index (χ4n) is 1.39. The lowest BCUT2D eigenvalue weighted by Gasteiger charge is -2.22. The summed E-state index contributed by atoms with van der Waals surface area (Å²) >= 11 is 0. The fourth-order valence-corrected chi connectivity index (χ4v) is 4.17. The summed E-state index contributed by atoms with van der Waals surface area (Å²) in [4.78, 5) is 0. The molecular weight excluding hydrogens is 179 g/mol. The van der Waals surface area contributed by atoms with Gasteiger partial charge in [0.2, 0.25) is 0 Å². The monoisotopic (exact) mass is 204 g/mol. The topological polar surface area (TPSA) is 20.2 Å². The Hall–Kier alpha value is 0.390. The average Bonchev–Trinajstić information content (AvgIpc) is 2.17. The third kappa shape index (κ3) is 6.46. The molecule has 0 rings (SSSR count). The molecule has 1 N–H and O–H groups in total. The highest BCUT2D eigenvalue weighted by atomic mass is 31.1. The van der Waals surface area contributed by atoms with Gasteiger partial charge in [-0.15, -0.1) is 0 Å². The maximum Gasteiger partial charge on any atom is 0.0728 e. The second kappa shape index (κ2) is 8.97. The van der Waals surface area contributed by atoms with Crippen molar-refractivity contribution < 1.29 is 5.11 Å². The van der Waals surface area contributed by atoms with Crippen LogP contribution in [0.15, 0.2) is 0 Å². The van der Waals surface area contributed by atoms with E-state index in [0.29, 0.717) is 0 Å². The minimum absolute atomic E-state index is 0.00750. The zero-order valence-corrected chi connectivity index (χ0v) is 10.3. The molecule has 1 atom stereocenters.